The van der Waals surface area contributed by atoms with Gasteiger partial charge in [0, 0.05) is 45.3 Å². The van der Waals surface area contributed by atoms with Gasteiger partial charge >= 0.3 is 0 Å². The molecule has 0 N–H and O–H groups in total. The Hall–Kier alpha value is -1.71. The topological polar surface area (TPSA) is 87.0 Å². The van der Waals surface area contributed by atoms with Crippen molar-refractivity contribution in [3.8, 4) is 0 Å². The van der Waals surface area contributed by atoms with E-state index in [-0.39, 0.29) is 10.6 Å². The van der Waals surface area contributed by atoms with Crippen LogP contribution in [-0.2, 0) is 10.0 Å². The highest BCUT2D eigenvalue weighted by Crippen LogP contribution is 2.32. The summed E-state index contributed by atoms with van der Waals surface area (Å²) in [5.41, 5.74) is 0.346. The Kier molecular flexibility index (Phi) is 7.58. The summed E-state index contributed by atoms with van der Waals surface area (Å²) in [5.74, 6) is 0. The van der Waals surface area contributed by atoms with E-state index in [1.54, 1.807) is 19.9 Å². The van der Waals surface area contributed by atoms with E-state index in [4.69, 9.17) is 0 Å². The van der Waals surface area contributed by atoms with Crippen molar-refractivity contribution in [1.29, 1.82) is 0 Å². The van der Waals surface area contributed by atoms with E-state index in [1.807, 2.05) is 4.90 Å². The third-order valence-electron chi connectivity index (χ3n) is 5.03. The summed E-state index contributed by atoms with van der Waals surface area (Å²) < 4.78 is 26.7. The van der Waals surface area contributed by atoms with Crippen LogP contribution in [-0.4, -0.2) is 68.4 Å². The summed E-state index contributed by atoms with van der Waals surface area (Å²) in [7, 11) is -3.72. The summed E-state index contributed by atoms with van der Waals surface area (Å²) in [6, 6.07) is 4.27. The number of unbranched alkanes of at least 4 members (excludes halogenated alkanes) is 1. The van der Waals surface area contributed by atoms with Crippen LogP contribution in [0.15, 0.2) is 23.1 Å². The standard InChI is InChI=1S/C18H30N4O4S/c1-4-7-10-19-11-13-20(14-12-19)17-9-8-16(15-18(17)22(23)24)27(25,26)21(5-2)6-3/h8-9,15H,4-7,10-14H2,1-3H3. The van der Waals surface area contributed by atoms with Gasteiger partial charge in [0.05, 0.1) is 9.82 Å². The van der Waals surface area contributed by atoms with Gasteiger partial charge in [0.2, 0.25) is 10.0 Å². The number of nitrogens with zero attached hydrogens (tertiary/aromatic N) is 4. The number of anilines is 1. The van der Waals surface area contributed by atoms with Crippen molar-refractivity contribution < 1.29 is 13.3 Å². The Bertz CT molecular complexity index is 742. The lowest BCUT2D eigenvalue weighted by atomic mass is 10.2. The van der Waals surface area contributed by atoms with Gasteiger partial charge in [-0.05, 0) is 25.1 Å². The molecule has 1 fully saturated rings. The van der Waals surface area contributed by atoms with Crippen molar-refractivity contribution in [3.05, 3.63) is 28.3 Å². The Morgan fingerprint density at radius 1 is 1.11 bits per heavy atom. The number of nitro benzene ring substituents is 1. The Morgan fingerprint density at radius 3 is 2.26 bits per heavy atom. The van der Waals surface area contributed by atoms with Crippen LogP contribution >= 0.6 is 0 Å². The van der Waals surface area contributed by atoms with Gasteiger partial charge in [-0.2, -0.15) is 4.31 Å². The molecular weight excluding hydrogens is 368 g/mol. The molecule has 27 heavy (non-hydrogen) atoms. The van der Waals surface area contributed by atoms with E-state index in [2.05, 4.69) is 11.8 Å². The van der Waals surface area contributed by atoms with Gasteiger partial charge in [-0.25, -0.2) is 8.42 Å². The average Bonchev–Trinajstić information content (AvgIpc) is 2.67. The molecule has 9 heteroatoms. The molecular formula is C18H30N4O4S. The summed E-state index contributed by atoms with van der Waals surface area (Å²) in [5, 5.41) is 11.6. The lowest BCUT2D eigenvalue weighted by Crippen LogP contribution is -2.46. The van der Waals surface area contributed by atoms with Crippen molar-refractivity contribution in [1.82, 2.24) is 9.21 Å². The number of nitro groups is 1. The third kappa shape index (κ3) is 4.97. The smallest absolute Gasteiger partial charge is 0.293 e. The van der Waals surface area contributed by atoms with Crippen molar-refractivity contribution in [2.45, 2.75) is 38.5 Å². The Balaban J connectivity index is 2.26. The average molecular weight is 399 g/mol. The molecule has 1 aliphatic rings. The Labute approximate surface area is 161 Å². The van der Waals surface area contributed by atoms with E-state index >= 15 is 0 Å². The van der Waals surface area contributed by atoms with Gasteiger partial charge < -0.3 is 4.90 Å². The summed E-state index contributed by atoms with van der Waals surface area (Å²) in [4.78, 5) is 15.5. The van der Waals surface area contributed by atoms with Crippen molar-refractivity contribution in [3.63, 3.8) is 0 Å². The monoisotopic (exact) mass is 398 g/mol. The molecule has 0 radical (unpaired) electrons. The second-order valence-corrected chi connectivity index (χ2v) is 8.62. The maximum Gasteiger partial charge on any atom is 0.293 e. The van der Waals surface area contributed by atoms with E-state index in [9.17, 15) is 18.5 Å². The molecule has 152 valence electrons. The predicted octanol–water partition coefficient (Wildman–Crippen LogP) is 2.55. The van der Waals surface area contributed by atoms with Crippen LogP contribution in [0.25, 0.3) is 0 Å². The number of hydrogen-bond donors (Lipinski definition) is 0. The lowest BCUT2D eigenvalue weighted by Gasteiger charge is -2.35. The normalized spacial score (nSPS) is 16.1. The first-order valence-electron chi connectivity index (χ1n) is 9.61. The zero-order chi connectivity index (χ0) is 20.0. The van der Waals surface area contributed by atoms with Gasteiger partial charge in [0.25, 0.3) is 5.69 Å². The van der Waals surface area contributed by atoms with Crippen LogP contribution in [0.3, 0.4) is 0 Å². The first-order valence-corrected chi connectivity index (χ1v) is 11.0. The number of rotatable bonds is 9. The summed E-state index contributed by atoms with van der Waals surface area (Å²) in [6.07, 6.45) is 2.30. The maximum absolute atomic E-state index is 12.7. The van der Waals surface area contributed by atoms with Crippen LogP contribution in [0, 0.1) is 10.1 Å². The maximum atomic E-state index is 12.7. The quantitative estimate of drug-likeness (QED) is 0.469. The van der Waals surface area contributed by atoms with E-state index in [0.717, 1.165) is 32.5 Å². The minimum atomic E-state index is -3.72. The van der Waals surface area contributed by atoms with Crippen LogP contribution in [0.5, 0.6) is 0 Å². The molecule has 1 heterocycles. The predicted molar refractivity (Wildman–Crippen MR) is 107 cm³/mol. The molecule has 1 aromatic rings. The number of hydrogen-bond acceptors (Lipinski definition) is 6. The summed E-state index contributed by atoms with van der Waals surface area (Å²) >= 11 is 0. The van der Waals surface area contributed by atoms with Gasteiger partial charge in [0.1, 0.15) is 5.69 Å². The fraction of sp³-hybridized carbons (Fsp3) is 0.667. The second kappa shape index (κ2) is 9.48. The fourth-order valence-electron chi connectivity index (χ4n) is 3.38. The molecule has 1 aromatic carbocycles. The molecule has 0 spiro atoms. The number of sulfonamides is 1. The second-order valence-electron chi connectivity index (χ2n) is 6.68. The minimum absolute atomic E-state index is 0.0248. The molecule has 0 atom stereocenters. The number of piperazine rings is 1. The molecule has 2 rings (SSSR count). The van der Waals surface area contributed by atoms with Gasteiger partial charge in [-0.15, -0.1) is 0 Å². The first-order chi connectivity index (χ1) is 12.8. The molecule has 1 aliphatic heterocycles. The van der Waals surface area contributed by atoms with Crippen molar-refractivity contribution in [2.75, 3.05) is 50.7 Å². The molecule has 1 saturated heterocycles. The molecule has 8 nitrogen and oxygen atoms in total. The van der Waals surface area contributed by atoms with Crippen LogP contribution < -0.4 is 4.90 Å². The van der Waals surface area contributed by atoms with E-state index in [0.29, 0.717) is 31.9 Å². The largest absolute Gasteiger partial charge is 0.363 e. The molecule has 0 unspecified atom stereocenters. The van der Waals surface area contributed by atoms with Gasteiger partial charge in [-0.1, -0.05) is 27.2 Å². The van der Waals surface area contributed by atoms with E-state index < -0.39 is 14.9 Å². The van der Waals surface area contributed by atoms with Crippen molar-refractivity contribution >= 4 is 21.4 Å². The highest BCUT2D eigenvalue weighted by Gasteiger charge is 2.28. The van der Waals surface area contributed by atoms with Crippen LogP contribution in [0.1, 0.15) is 33.6 Å². The van der Waals surface area contributed by atoms with Crippen LogP contribution in [0.2, 0.25) is 0 Å². The molecule has 0 amide bonds. The zero-order valence-electron chi connectivity index (χ0n) is 16.4. The fourth-order valence-corrected chi connectivity index (χ4v) is 4.86. The van der Waals surface area contributed by atoms with Crippen LogP contribution in [0.4, 0.5) is 11.4 Å². The van der Waals surface area contributed by atoms with E-state index in [1.165, 1.54) is 16.4 Å². The molecule has 0 bridgehead atoms. The third-order valence-corrected chi connectivity index (χ3v) is 7.07. The SMILES string of the molecule is CCCCN1CCN(c2ccc(S(=O)(=O)N(CC)CC)cc2[N+](=O)[O-])CC1. The molecule has 0 saturated carbocycles. The highest BCUT2D eigenvalue weighted by molar-refractivity contribution is 7.89. The highest BCUT2D eigenvalue weighted by atomic mass is 32.2. The lowest BCUT2D eigenvalue weighted by molar-refractivity contribution is -0.384. The Morgan fingerprint density at radius 2 is 1.74 bits per heavy atom. The summed E-state index contributed by atoms with van der Waals surface area (Å²) in [6.45, 7) is 10.5. The molecule has 0 aliphatic carbocycles. The van der Waals surface area contributed by atoms with Gasteiger partial charge in [-0.3, -0.25) is 15.0 Å². The zero-order valence-corrected chi connectivity index (χ0v) is 17.2. The minimum Gasteiger partial charge on any atom is -0.363 e. The van der Waals surface area contributed by atoms with Crippen molar-refractivity contribution in [2.24, 2.45) is 0 Å². The molecule has 0 aromatic heterocycles. The van der Waals surface area contributed by atoms with Gasteiger partial charge in [0.15, 0.2) is 0 Å². The first kappa shape index (κ1) is 21.6. The number of benzene rings is 1.